The van der Waals surface area contributed by atoms with Gasteiger partial charge in [-0.05, 0) is 12.8 Å². The van der Waals surface area contributed by atoms with Gasteiger partial charge < -0.3 is 55.3 Å². The zero-order valence-electron chi connectivity index (χ0n) is 16.9. The Kier molecular flexibility index (Phi) is 64.6. The number of unbranched alkanes of at least 4 members (excludes halogenated alkanes) is 15. The largest absolute Gasteiger partial charge is 1.00 e. The van der Waals surface area contributed by atoms with Crippen molar-refractivity contribution in [3.05, 3.63) is 0 Å². The van der Waals surface area contributed by atoms with Gasteiger partial charge in [-0.2, -0.15) is 0 Å². The van der Waals surface area contributed by atoms with Crippen molar-refractivity contribution in [3.63, 3.8) is 0 Å². The normalized spacial score (nSPS) is 8.75. The van der Waals surface area contributed by atoms with Crippen molar-refractivity contribution < 1.29 is 43.0 Å². The standard InChI is InChI=1S/C18H39N.3ClH.2H3N/c1-2-3-4-5-6-7-8-9-10-11-12-13-14-15-16-17-18-19;;;;;/h2-19H2,1H3;3*1H;2*1H3. The number of quaternary nitrogens is 3. The maximum Gasteiger partial charge on any atom is 0.0739 e. The lowest BCUT2D eigenvalue weighted by atomic mass is 10.0. The lowest BCUT2D eigenvalue weighted by Crippen LogP contribution is -3.00. The molecule has 0 rings (SSSR count). The van der Waals surface area contributed by atoms with Crippen molar-refractivity contribution in [1.82, 2.24) is 12.3 Å². The minimum Gasteiger partial charge on any atom is -1.00 e. The topological polar surface area (TPSA) is 101 Å². The van der Waals surface area contributed by atoms with Gasteiger partial charge in [-0.1, -0.05) is 96.8 Å². The second kappa shape index (κ2) is 39.0. The molecular formula is C18H48Cl3N3. The second-order valence-corrected chi connectivity index (χ2v) is 6.16. The molecule has 0 unspecified atom stereocenters. The SMILES string of the molecule is CCCCCCCCCCCCCCCCCC[NH3+].[Cl-].[Cl-].[Cl-].[NH4+].[NH4+]. The minimum atomic E-state index is 0. The monoisotopic (exact) mass is 411 g/mol. The van der Waals surface area contributed by atoms with Crippen LogP contribution in [0.1, 0.15) is 110 Å². The van der Waals surface area contributed by atoms with Gasteiger partial charge in [-0.3, -0.25) is 0 Å². The molecule has 0 saturated heterocycles. The molecule has 0 atom stereocenters. The first-order valence-corrected chi connectivity index (χ1v) is 9.21. The number of hydrogen-bond acceptors (Lipinski definition) is 0. The number of hydrogen-bond donors (Lipinski definition) is 3. The Hall–Kier alpha value is 0.750. The highest BCUT2D eigenvalue weighted by molar-refractivity contribution is 4.49. The van der Waals surface area contributed by atoms with Crippen LogP contribution in [0, 0.1) is 0 Å². The van der Waals surface area contributed by atoms with Crippen LogP contribution < -0.4 is 55.3 Å². The summed E-state index contributed by atoms with van der Waals surface area (Å²) in [5.41, 5.74) is 3.89. The van der Waals surface area contributed by atoms with E-state index in [-0.39, 0.29) is 49.5 Å². The molecule has 24 heavy (non-hydrogen) atoms. The third-order valence-corrected chi connectivity index (χ3v) is 4.10. The quantitative estimate of drug-likeness (QED) is 0.229. The molecule has 0 amide bonds. The van der Waals surface area contributed by atoms with Crippen molar-refractivity contribution in [2.45, 2.75) is 110 Å². The first-order valence-electron chi connectivity index (χ1n) is 9.21. The van der Waals surface area contributed by atoms with Gasteiger partial charge in [0.05, 0.1) is 6.54 Å². The molecule has 3 nitrogen and oxygen atoms in total. The van der Waals surface area contributed by atoms with E-state index < -0.39 is 0 Å². The van der Waals surface area contributed by atoms with Crippen molar-refractivity contribution >= 4 is 0 Å². The summed E-state index contributed by atoms with van der Waals surface area (Å²) in [6.07, 6.45) is 23.2. The first-order chi connectivity index (χ1) is 9.41. The van der Waals surface area contributed by atoms with E-state index in [0.717, 1.165) is 6.54 Å². The van der Waals surface area contributed by atoms with Gasteiger partial charge in [0.1, 0.15) is 0 Å². The fourth-order valence-electron chi connectivity index (χ4n) is 2.72. The van der Waals surface area contributed by atoms with Crippen LogP contribution in [-0.2, 0) is 0 Å². The van der Waals surface area contributed by atoms with E-state index in [9.17, 15) is 0 Å². The van der Waals surface area contributed by atoms with Crippen LogP contribution in [0.15, 0.2) is 0 Å². The van der Waals surface area contributed by atoms with E-state index in [2.05, 4.69) is 12.7 Å². The highest BCUT2D eigenvalue weighted by atomic mass is 35.5. The van der Waals surface area contributed by atoms with Crippen molar-refractivity contribution in [2.75, 3.05) is 6.54 Å². The number of halogens is 3. The van der Waals surface area contributed by atoms with Gasteiger partial charge in [0.15, 0.2) is 0 Å². The van der Waals surface area contributed by atoms with Crippen LogP contribution in [0.5, 0.6) is 0 Å². The molecular weight excluding hydrogens is 365 g/mol. The molecule has 0 spiro atoms. The zero-order valence-corrected chi connectivity index (χ0v) is 19.1. The van der Waals surface area contributed by atoms with Crippen LogP contribution in [-0.4, -0.2) is 6.54 Å². The lowest BCUT2D eigenvalue weighted by Gasteiger charge is -2.03. The van der Waals surface area contributed by atoms with Gasteiger partial charge in [-0.15, -0.1) is 0 Å². The molecule has 0 aromatic rings. The van der Waals surface area contributed by atoms with E-state index in [1.807, 2.05) is 0 Å². The minimum absolute atomic E-state index is 0. The Morgan fingerprint density at radius 2 is 0.625 bits per heavy atom. The summed E-state index contributed by atoms with van der Waals surface area (Å²) in [6.45, 7) is 3.42. The Morgan fingerprint density at radius 3 is 0.833 bits per heavy atom. The second-order valence-electron chi connectivity index (χ2n) is 6.16. The van der Waals surface area contributed by atoms with Gasteiger partial charge in [0.25, 0.3) is 0 Å². The van der Waals surface area contributed by atoms with Gasteiger partial charge in [-0.25, -0.2) is 0 Å². The Morgan fingerprint density at radius 1 is 0.417 bits per heavy atom. The smallest absolute Gasteiger partial charge is 0.0739 e. The predicted octanol–water partition coefficient (Wildman–Crippen LogP) is -2.75. The van der Waals surface area contributed by atoms with Gasteiger partial charge >= 0.3 is 0 Å². The third kappa shape index (κ3) is 38.4. The highest BCUT2D eigenvalue weighted by Gasteiger charge is 1.94. The molecule has 0 bridgehead atoms. The molecule has 0 saturated carbocycles. The predicted molar refractivity (Wildman–Crippen MR) is 99.3 cm³/mol. The average molecular weight is 413 g/mol. The summed E-state index contributed by atoms with van der Waals surface area (Å²) < 4.78 is 0. The Balaban J connectivity index is -0.000000162. The first kappa shape index (κ1) is 39.7. The van der Waals surface area contributed by atoms with Crippen molar-refractivity contribution in [3.8, 4) is 0 Å². The van der Waals surface area contributed by atoms with Crippen LogP contribution in [0.2, 0.25) is 0 Å². The maximum absolute atomic E-state index is 3.89. The zero-order chi connectivity index (χ0) is 14.0. The van der Waals surface area contributed by atoms with Crippen LogP contribution >= 0.6 is 0 Å². The van der Waals surface area contributed by atoms with E-state index >= 15 is 0 Å². The molecule has 0 aliphatic carbocycles. The summed E-state index contributed by atoms with van der Waals surface area (Å²) in [4.78, 5) is 0. The van der Waals surface area contributed by atoms with Crippen LogP contribution in [0.3, 0.4) is 0 Å². The lowest BCUT2D eigenvalue weighted by molar-refractivity contribution is -0.368. The molecule has 0 aliphatic rings. The average Bonchev–Trinajstić information content (AvgIpc) is 2.43. The van der Waals surface area contributed by atoms with E-state index in [1.54, 1.807) is 0 Å². The maximum atomic E-state index is 3.89. The van der Waals surface area contributed by atoms with Crippen LogP contribution in [0.25, 0.3) is 0 Å². The van der Waals surface area contributed by atoms with E-state index in [0.29, 0.717) is 0 Å². The summed E-state index contributed by atoms with van der Waals surface area (Å²) in [6, 6.07) is 0. The Bertz CT molecular complexity index is 148. The molecule has 156 valence electrons. The molecule has 0 aliphatic heterocycles. The summed E-state index contributed by atoms with van der Waals surface area (Å²) in [5.74, 6) is 0. The summed E-state index contributed by atoms with van der Waals surface area (Å²) >= 11 is 0. The van der Waals surface area contributed by atoms with Crippen molar-refractivity contribution in [1.29, 1.82) is 0 Å². The molecule has 0 heterocycles. The molecule has 0 radical (unpaired) electrons. The van der Waals surface area contributed by atoms with E-state index in [4.69, 9.17) is 0 Å². The highest BCUT2D eigenvalue weighted by Crippen LogP contribution is 2.13. The van der Waals surface area contributed by atoms with Gasteiger partial charge in [0, 0.05) is 0 Å². The number of rotatable bonds is 16. The molecule has 0 aromatic heterocycles. The summed E-state index contributed by atoms with van der Waals surface area (Å²) in [7, 11) is 0. The molecule has 0 aromatic carbocycles. The fourth-order valence-corrected chi connectivity index (χ4v) is 2.72. The molecule has 0 fully saturated rings. The third-order valence-electron chi connectivity index (χ3n) is 4.10. The fraction of sp³-hybridized carbons (Fsp3) is 1.00. The van der Waals surface area contributed by atoms with Crippen molar-refractivity contribution in [2.24, 2.45) is 0 Å². The summed E-state index contributed by atoms with van der Waals surface area (Å²) in [5, 5.41) is 0. The molecule has 6 heteroatoms. The van der Waals surface area contributed by atoms with Gasteiger partial charge in [0.2, 0.25) is 0 Å². The van der Waals surface area contributed by atoms with Crippen LogP contribution in [0.4, 0.5) is 0 Å². The molecule has 11 N–H and O–H groups in total. The van der Waals surface area contributed by atoms with E-state index in [1.165, 1.54) is 103 Å². The Labute approximate surface area is 171 Å².